The van der Waals surface area contributed by atoms with Crippen LogP contribution >= 0.6 is 12.6 Å². The molecule has 0 spiro atoms. The van der Waals surface area contributed by atoms with Crippen LogP contribution in [0, 0.1) is 0 Å². The van der Waals surface area contributed by atoms with E-state index in [-0.39, 0.29) is 31.4 Å². The Morgan fingerprint density at radius 3 is 1.79 bits per heavy atom. The minimum absolute atomic E-state index is 0.0539. The van der Waals surface area contributed by atoms with Gasteiger partial charge in [-0.05, 0) is 24.0 Å². The number of carbonyl (C=O) groups excluding carboxylic acids is 4. The molecule has 42 heavy (non-hydrogen) atoms. The van der Waals surface area contributed by atoms with E-state index in [4.69, 9.17) is 10.8 Å². The Balaban J connectivity index is 2.05. The van der Waals surface area contributed by atoms with Crippen LogP contribution in [-0.4, -0.2) is 82.2 Å². The first-order valence-corrected chi connectivity index (χ1v) is 13.7. The average Bonchev–Trinajstić information content (AvgIpc) is 2.97. The van der Waals surface area contributed by atoms with E-state index in [2.05, 4.69) is 33.9 Å². The molecule has 13 nitrogen and oxygen atoms in total. The largest absolute Gasteiger partial charge is 0.480 e. The van der Waals surface area contributed by atoms with Crippen LogP contribution in [0.3, 0.4) is 0 Å². The number of amides is 4. The summed E-state index contributed by atoms with van der Waals surface area (Å²) in [7, 11) is 0. The molecule has 2 rings (SSSR count). The molecule has 226 valence electrons. The number of carboxylic acid groups (broad SMARTS) is 2. The van der Waals surface area contributed by atoms with Crippen LogP contribution in [0.15, 0.2) is 60.7 Å². The third kappa shape index (κ3) is 12.0. The van der Waals surface area contributed by atoms with Gasteiger partial charge < -0.3 is 37.2 Å². The first-order chi connectivity index (χ1) is 20.0. The highest BCUT2D eigenvalue weighted by molar-refractivity contribution is 7.80. The van der Waals surface area contributed by atoms with Crippen LogP contribution < -0.4 is 27.0 Å². The molecule has 0 aliphatic carbocycles. The smallest absolute Gasteiger partial charge is 0.326 e. The van der Waals surface area contributed by atoms with Crippen LogP contribution in [0.5, 0.6) is 0 Å². The molecule has 0 fully saturated rings. The summed E-state index contributed by atoms with van der Waals surface area (Å²) in [5, 5.41) is 27.8. The van der Waals surface area contributed by atoms with Crippen molar-refractivity contribution in [3.8, 4) is 0 Å². The molecule has 0 radical (unpaired) electrons. The third-order valence-corrected chi connectivity index (χ3v) is 6.44. The van der Waals surface area contributed by atoms with Gasteiger partial charge in [0.2, 0.25) is 23.6 Å². The van der Waals surface area contributed by atoms with Crippen molar-refractivity contribution < 1.29 is 39.0 Å². The minimum atomic E-state index is -1.49. The predicted octanol–water partition coefficient (Wildman–Crippen LogP) is -0.751. The lowest BCUT2D eigenvalue weighted by Crippen LogP contribution is -2.55. The fourth-order valence-corrected chi connectivity index (χ4v) is 4.11. The summed E-state index contributed by atoms with van der Waals surface area (Å²) in [5.74, 6) is -5.67. The number of rotatable bonds is 17. The van der Waals surface area contributed by atoms with E-state index in [0.29, 0.717) is 5.56 Å². The maximum atomic E-state index is 13.2. The van der Waals surface area contributed by atoms with Crippen molar-refractivity contribution in [2.75, 3.05) is 12.3 Å². The number of thiol groups is 1. The van der Waals surface area contributed by atoms with Crippen molar-refractivity contribution in [3.05, 3.63) is 71.8 Å². The van der Waals surface area contributed by atoms with Crippen molar-refractivity contribution in [1.29, 1.82) is 0 Å². The Morgan fingerprint density at radius 1 is 0.714 bits per heavy atom. The fraction of sp³-hybridized carbons (Fsp3) is 0.357. The van der Waals surface area contributed by atoms with Gasteiger partial charge in [-0.2, -0.15) is 12.6 Å². The number of carbonyl (C=O) groups is 6. The van der Waals surface area contributed by atoms with E-state index in [0.717, 1.165) is 5.56 Å². The summed E-state index contributed by atoms with van der Waals surface area (Å²) in [5.41, 5.74) is 7.62. The number of benzene rings is 2. The van der Waals surface area contributed by atoms with Crippen molar-refractivity contribution in [2.24, 2.45) is 5.73 Å². The lowest BCUT2D eigenvalue weighted by atomic mass is 10.0. The first-order valence-electron chi connectivity index (χ1n) is 13.1. The maximum Gasteiger partial charge on any atom is 0.326 e. The number of aliphatic carboxylic acids is 2. The van der Waals surface area contributed by atoms with E-state index in [1.165, 1.54) is 0 Å². The number of carboxylic acids is 2. The van der Waals surface area contributed by atoms with Crippen LogP contribution in [0.4, 0.5) is 0 Å². The molecular weight excluding hydrogens is 566 g/mol. The van der Waals surface area contributed by atoms with Gasteiger partial charge in [0.05, 0.1) is 6.04 Å². The van der Waals surface area contributed by atoms with Crippen LogP contribution in [0.2, 0.25) is 0 Å². The number of hydrogen-bond donors (Lipinski definition) is 8. The SMILES string of the molecule is N[C@@H](Cc1ccccc1)C(=O)N[C@@H](Cc1ccccc1)C(=O)NC(CCC(=O)NC(CS)C(=O)NCC(=O)O)C(=O)O. The molecule has 0 saturated heterocycles. The standard InChI is InChI=1S/C28H35N5O8S/c29-19(13-17-7-3-1-4-8-17)25(37)33-21(14-18-9-5-2-6-10-18)27(39)32-20(28(40)41)11-12-23(34)31-22(16-42)26(38)30-15-24(35)36/h1-10,19-22,42H,11-16,29H2,(H,30,38)(H,31,34)(H,32,39)(H,33,37)(H,35,36)(H,40,41)/t19-,20?,21-,22?/m0/s1. The molecule has 2 aromatic rings. The summed E-state index contributed by atoms with van der Waals surface area (Å²) < 4.78 is 0. The van der Waals surface area contributed by atoms with Gasteiger partial charge >= 0.3 is 11.9 Å². The maximum absolute atomic E-state index is 13.2. The van der Waals surface area contributed by atoms with Crippen LogP contribution in [0.25, 0.3) is 0 Å². The zero-order valence-electron chi connectivity index (χ0n) is 22.7. The lowest BCUT2D eigenvalue weighted by Gasteiger charge is -2.23. The van der Waals surface area contributed by atoms with E-state index < -0.39 is 66.3 Å². The summed E-state index contributed by atoms with van der Waals surface area (Å²) in [6, 6.07) is 13.1. The van der Waals surface area contributed by atoms with Crippen LogP contribution in [-0.2, 0) is 41.6 Å². The average molecular weight is 602 g/mol. The first kappa shape index (κ1) is 33.8. The fourth-order valence-electron chi connectivity index (χ4n) is 3.85. The Hall–Kier alpha value is -4.43. The molecule has 8 N–H and O–H groups in total. The van der Waals surface area contributed by atoms with Gasteiger partial charge in [-0.1, -0.05) is 60.7 Å². The molecule has 2 unspecified atom stereocenters. The topological polar surface area (TPSA) is 217 Å². The molecule has 0 bridgehead atoms. The molecule has 0 heterocycles. The normalized spacial score (nSPS) is 13.5. The number of nitrogens with one attached hydrogen (secondary N) is 4. The van der Waals surface area contributed by atoms with Gasteiger partial charge in [-0.25, -0.2) is 4.79 Å². The molecule has 0 aromatic heterocycles. The zero-order chi connectivity index (χ0) is 31.1. The Morgan fingerprint density at radius 2 is 1.26 bits per heavy atom. The second-order valence-corrected chi connectivity index (χ2v) is 9.76. The molecule has 4 atom stereocenters. The Labute approximate surface area is 248 Å². The predicted molar refractivity (Wildman–Crippen MR) is 155 cm³/mol. The highest BCUT2D eigenvalue weighted by Crippen LogP contribution is 2.08. The van der Waals surface area contributed by atoms with Crippen molar-refractivity contribution in [2.45, 2.75) is 49.9 Å². The van der Waals surface area contributed by atoms with E-state index in [9.17, 15) is 33.9 Å². The number of nitrogens with two attached hydrogens (primary N) is 1. The second-order valence-electron chi connectivity index (χ2n) is 9.40. The summed E-state index contributed by atoms with van der Waals surface area (Å²) >= 11 is 3.98. The second kappa shape index (κ2) is 17.4. The van der Waals surface area contributed by atoms with Gasteiger partial charge in [0.1, 0.15) is 24.7 Å². The van der Waals surface area contributed by atoms with Gasteiger partial charge in [-0.3, -0.25) is 24.0 Å². The van der Waals surface area contributed by atoms with Crippen molar-refractivity contribution in [1.82, 2.24) is 21.3 Å². The molecule has 0 aliphatic heterocycles. The third-order valence-electron chi connectivity index (χ3n) is 6.07. The monoisotopic (exact) mass is 601 g/mol. The molecule has 0 saturated carbocycles. The molecular formula is C28H35N5O8S. The Bertz CT molecular complexity index is 1230. The van der Waals surface area contributed by atoms with Gasteiger partial charge in [0, 0.05) is 18.6 Å². The van der Waals surface area contributed by atoms with Gasteiger partial charge in [0.15, 0.2) is 0 Å². The summed E-state index contributed by atoms with van der Waals surface area (Å²) in [6.45, 7) is -0.649. The number of hydrogen-bond acceptors (Lipinski definition) is 8. The molecule has 0 aliphatic rings. The Kier molecular flexibility index (Phi) is 14.0. The highest BCUT2D eigenvalue weighted by atomic mass is 32.1. The quantitative estimate of drug-likeness (QED) is 0.107. The van der Waals surface area contributed by atoms with E-state index in [1.54, 1.807) is 30.3 Å². The molecule has 14 heteroatoms. The van der Waals surface area contributed by atoms with Crippen LogP contribution in [0.1, 0.15) is 24.0 Å². The van der Waals surface area contributed by atoms with Gasteiger partial charge in [-0.15, -0.1) is 0 Å². The zero-order valence-corrected chi connectivity index (χ0v) is 23.6. The molecule has 4 amide bonds. The highest BCUT2D eigenvalue weighted by Gasteiger charge is 2.29. The minimum Gasteiger partial charge on any atom is -0.480 e. The van der Waals surface area contributed by atoms with E-state index in [1.807, 2.05) is 30.3 Å². The van der Waals surface area contributed by atoms with Gasteiger partial charge in [0.25, 0.3) is 0 Å². The summed E-state index contributed by atoms with van der Waals surface area (Å²) in [4.78, 5) is 73.1. The van der Waals surface area contributed by atoms with Crippen molar-refractivity contribution in [3.63, 3.8) is 0 Å². The van der Waals surface area contributed by atoms with Crippen molar-refractivity contribution >= 4 is 48.2 Å². The lowest BCUT2D eigenvalue weighted by molar-refractivity contribution is -0.142. The summed E-state index contributed by atoms with van der Waals surface area (Å²) in [6.07, 6.45) is -0.437. The van der Waals surface area contributed by atoms with E-state index >= 15 is 0 Å². The molecule has 2 aromatic carbocycles.